The first-order valence-electron chi connectivity index (χ1n) is 9.22. The van der Waals surface area contributed by atoms with E-state index >= 15 is 0 Å². The van der Waals surface area contributed by atoms with Crippen molar-refractivity contribution in [2.45, 2.75) is 84.0 Å². The van der Waals surface area contributed by atoms with Gasteiger partial charge in [-0.3, -0.25) is 0 Å². The number of methoxy groups -OCH3 is 1. The first-order chi connectivity index (χ1) is 11.4. The molecular weight excluding hydrogens is 300 g/mol. The molecule has 0 amide bonds. The molecule has 3 nitrogen and oxygen atoms in total. The van der Waals surface area contributed by atoms with Crippen LogP contribution in [0.4, 0.5) is 0 Å². The van der Waals surface area contributed by atoms with E-state index in [2.05, 4.69) is 32.9 Å². The summed E-state index contributed by atoms with van der Waals surface area (Å²) in [6.07, 6.45) is 9.75. The Morgan fingerprint density at radius 3 is 2.62 bits per heavy atom. The first kappa shape index (κ1) is 19.4. The van der Waals surface area contributed by atoms with Crippen molar-refractivity contribution in [3.05, 3.63) is 34.4 Å². The first-order valence-corrected chi connectivity index (χ1v) is 9.22. The van der Waals surface area contributed by atoms with Crippen molar-refractivity contribution in [3.8, 4) is 0 Å². The van der Waals surface area contributed by atoms with Crippen molar-refractivity contribution in [1.29, 1.82) is 0 Å². The number of allylic oxidation sites excluding steroid dienone is 3. The molecule has 0 fully saturated rings. The summed E-state index contributed by atoms with van der Waals surface area (Å²) in [6.45, 7) is 9.30. The minimum Gasteiger partial charge on any atom is -0.390 e. The maximum absolute atomic E-state index is 10.6. The standard InChI is InChI=1S/C21H34O3/c1-15-7-6-12-21(4,23-5)20(22)11-9-16(2)13-19-18(10-8-15)17(3)14-24-19/h7,13,19-20,22H,6,8-12,14H2,1-5H3/b15-7-,16-13-/t19-,20-,21-/m0/s1. The number of hydrogen-bond acceptors (Lipinski definition) is 3. The maximum atomic E-state index is 10.6. The summed E-state index contributed by atoms with van der Waals surface area (Å²) in [5.74, 6) is 0. The van der Waals surface area contributed by atoms with Crippen LogP contribution in [-0.4, -0.2) is 36.6 Å². The van der Waals surface area contributed by atoms with E-state index in [4.69, 9.17) is 9.47 Å². The van der Waals surface area contributed by atoms with Crippen LogP contribution < -0.4 is 0 Å². The number of fused-ring (bicyclic) bond motifs is 1. The molecule has 2 aliphatic rings. The average Bonchev–Trinajstić information content (AvgIpc) is 2.89. The zero-order chi connectivity index (χ0) is 17.7. The molecule has 0 saturated carbocycles. The van der Waals surface area contributed by atoms with Crippen LogP contribution in [0.5, 0.6) is 0 Å². The molecular formula is C21H34O3. The molecule has 1 aliphatic carbocycles. The highest BCUT2D eigenvalue weighted by molar-refractivity contribution is 5.28. The molecule has 0 aromatic rings. The van der Waals surface area contributed by atoms with Crippen molar-refractivity contribution in [3.63, 3.8) is 0 Å². The van der Waals surface area contributed by atoms with Gasteiger partial charge in [-0.05, 0) is 77.4 Å². The van der Waals surface area contributed by atoms with Gasteiger partial charge in [0.15, 0.2) is 0 Å². The maximum Gasteiger partial charge on any atom is 0.0977 e. The van der Waals surface area contributed by atoms with E-state index in [-0.39, 0.29) is 6.10 Å². The molecule has 0 aromatic carbocycles. The largest absolute Gasteiger partial charge is 0.390 e. The molecule has 1 N–H and O–H groups in total. The zero-order valence-corrected chi connectivity index (χ0v) is 16.0. The summed E-state index contributed by atoms with van der Waals surface area (Å²) in [5, 5.41) is 10.6. The highest BCUT2D eigenvalue weighted by Crippen LogP contribution is 2.31. The van der Waals surface area contributed by atoms with Crippen molar-refractivity contribution in [2.75, 3.05) is 13.7 Å². The predicted molar refractivity (Wildman–Crippen MR) is 99.1 cm³/mol. The fourth-order valence-corrected chi connectivity index (χ4v) is 3.61. The lowest BCUT2D eigenvalue weighted by molar-refractivity contribution is -0.0967. The molecule has 1 aliphatic heterocycles. The molecule has 136 valence electrons. The fourth-order valence-electron chi connectivity index (χ4n) is 3.61. The average molecular weight is 335 g/mol. The van der Waals surface area contributed by atoms with Crippen LogP contribution in [-0.2, 0) is 9.47 Å². The van der Waals surface area contributed by atoms with Gasteiger partial charge in [-0.15, -0.1) is 0 Å². The highest BCUT2D eigenvalue weighted by Gasteiger charge is 2.32. The normalized spacial score (nSPS) is 37.9. The number of hydrogen-bond donors (Lipinski definition) is 1. The van der Waals surface area contributed by atoms with Gasteiger partial charge < -0.3 is 14.6 Å². The Morgan fingerprint density at radius 1 is 1.17 bits per heavy atom. The van der Waals surface area contributed by atoms with Crippen LogP contribution in [0.1, 0.15) is 66.2 Å². The second-order valence-corrected chi connectivity index (χ2v) is 7.71. The van der Waals surface area contributed by atoms with E-state index in [0.29, 0.717) is 0 Å². The number of rotatable bonds is 1. The van der Waals surface area contributed by atoms with E-state index in [0.717, 1.165) is 45.1 Å². The highest BCUT2D eigenvalue weighted by atomic mass is 16.5. The third-order valence-electron chi connectivity index (χ3n) is 5.71. The molecule has 2 rings (SSSR count). The van der Waals surface area contributed by atoms with Crippen LogP contribution in [0, 0.1) is 0 Å². The molecule has 0 spiro atoms. The molecule has 3 atom stereocenters. The minimum atomic E-state index is -0.479. The summed E-state index contributed by atoms with van der Waals surface area (Å²) in [6, 6.07) is 0. The van der Waals surface area contributed by atoms with Crippen molar-refractivity contribution < 1.29 is 14.6 Å². The summed E-state index contributed by atoms with van der Waals surface area (Å²) in [4.78, 5) is 0. The van der Waals surface area contributed by atoms with Gasteiger partial charge in [0.25, 0.3) is 0 Å². The SMILES string of the molecule is CO[C@@]1(C)CC/C=C(/C)CCC2=C(C)CO[C@H]2/C=C(/C)CC[C@@H]1O. The van der Waals surface area contributed by atoms with Crippen molar-refractivity contribution in [2.24, 2.45) is 0 Å². The summed E-state index contributed by atoms with van der Waals surface area (Å²) >= 11 is 0. The molecule has 0 unspecified atom stereocenters. The third kappa shape index (κ3) is 4.81. The molecule has 0 radical (unpaired) electrons. The summed E-state index contributed by atoms with van der Waals surface area (Å²) < 4.78 is 11.6. The van der Waals surface area contributed by atoms with Crippen LogP contribution in [0.3, 0.4) is 0 Å². The molecule has 3 heteroatoms. The Hall–Kier alpha value is -0.900. The lowest BCUT2D eigenvalue weighted by atomic mass is 9.87. The van der Waals surface area contributed by atoms with E-state index in [1.807, 2.05) is 6.92 Å². The van der Waals surface area contributed by atoms with Crippen molar-refractivity contribution >= 4 is 0 Å². The monoisotopic (exact) mass is 334 g/mol. The molecule has 0 bridgehead atoms. The number of aliphatic hydroxyl groups is 1. The fraction of sp³-hybridized carbons (Fsp3) is 0.714. The zero-order valence-electron chi connectivity index (χ0n) is 16.0. The van der Waals surface area contributed by atoms with E-state index in [1.165, 1.54) is 22.3 Å². The van der Waals surface area contributed by atoms with Gasteiger partial charge in [0, 0.05) is 7.11 Å². The smallest absolute Gasteiger partial charge is 0.0977 e. The lowest BCUT2D eigenvalue weighted by Gasteiger charge is -2.33. The van der Waals surface area contributed by atoms with Crippen LogP contribution in [0.25, 0.3) is 0 Å². The Labute approximate surface area is 147 Å². The third-order valence-corrected chi connectivity index (χ3v) is 5.71. The molecule has 1 heterocycles. The summed E-state index contributed by atoms with van der Waals surface area (Å²) in [7, 11) is 1.71. The topological polar surface area (TPSA) is 38.7 Å². The molecule has 0 saturated heterocycles. The van der Waals surface area contributed by atoms with Crippen LogP contribution in [0.15, 0.2) is 34.4 Å². The second-order valence-electron chi connectivity index (χ2n) is 7.71. The molecule has 0 aromatic heterocycles. The van der Waals surface area contributed by atoms with Crippen molar-refractivity contribution in [1.82, 2.24) is 0 Å². The molecule has 24 heavy (non-hydrogen) atoms. The van der Waals surface area contributed by atoms with Gasteiger partial charge in [-0.1, -0.05) is 23.3 Å². The lowest BCUT2D eigenvalue weighted by Crippen LogP contribution is -2.41. The van der Waals surface area contributed by atoms with Gasteiger partial charge in [0.05, 0.1) is 24.4 Å². The predicted octanol–water partition coefficient (Wildman–Crippen LogP) is 4.71. The van der Waals surface area contributed by atoms with Gasteiger partial charge in [0.2, 0.25) is 0 Å². The summed E-state index contributed by atoms with van der Waals surface area (Å²) in [5.41, 5.74) is 5.05. The van der Waals surface area contributed by atoms with Gasteiger partial charge in [-0.2, -0.15) is 0 Å². The minimum absolute atomic E-state index is 0.117. The van der Waals surface area contributed by atoms with Gasteiger partial charge >= 0.3 is 0 Å². The number of ether oxygens (including phenoxy) is 2. The Bertz CT molecular complexity index is 529. The van der Waals surface area contributed by atoms with E-state index in [1.54, 1.807) is 7.11 Å². The Morgan fingerprint density at radius 2 is 1.92 bits per heavy atom. The van der Waals surface area contributed by atoms with Gasteiger partial charge in [-0.25, -0.2) is 0 Å². The Kier molecular flexibility index (Phi) is 6.85. The van der Waals surface area contributed by atoms with E-state index in [9.17, 15) is 5.11 Å². The van der Waals surface area contributed by atoms with E-state index < -0.39 is 11.7 Å². The van der Waals surface area contributed by atoms with Crippen LogP contribution in [0.2, 0.25) is 0 Å². The number of aliphatic hydroxyl groups excluding tert-OH is 1. The van der Waals surface area contributed by atoms with Gasteiger partial charge in [0.1, 0.15) is 0 Å². The Balaban J connectivity index is 2.21. The van der Waals surface area contributed by atoms with Crippen LogP contribution >= 0.6 is 0 Å². The second kappa shape index (κ2) is 8.46. The quantitative estimate of drug-likeness (QED) is 0.706.